The lowest BCUT2D eigenvalue weighted by molar-refractivity contribution is -0.135. The molecule has 13 heteroatoms. The minimum absolute atomic E-state index is 0.00130. The van der Waals surface area contributed by atoms with Gasteiger partial charge in [0.15, 0.2) is 0 Å². The average Bonchev–Trinajstić information content (AvgIpc) is 3.02. The molecular formula is C37H63N5O8. The van der Waals surface area contributed by atoms with Gasteiger partial charge >= 0.3 is 12.1 Å². The standard InChI is InChI=1S/C37H63N5O8/c1-24(2)23-42(35(38)46)34(45)29(26(5)6)21-31(43)30(40-36(47)50-37(7,8)9)20-27(25(3)4)22-39-33(44)28-12-10-11-13-32(28)49-19-16-41-14-17-48-18-15-41/h10-13,24-27,29-31,43H,14-23H2,1-9H3,(H2,38,46)(H,39,44)(H,40,47). The van der Waals surface area contributed by atoms with Gasteiger partial charge in [0.05, 0.1) is 30.9 Å². The van der Waals surface area contributed by atoms with Crippen molar-refractivity contribution in [3.05, 3.63) is 29.8 Å². The normalized spacial score (nSPS) is 16.4. The number of primary amides is 1. The van der Waals surface area contributed by atoms with Gasteiger partial charge < -0.3 is 35.7 Å². The van der Waals surface area contributed by atoms with Crippen LogP contribution in [0.25, 0.3) is 0 Å². The Morgan fingerprint density at radius 2 is 1.64 bits per heavy atom. The maximum absolute atomic E-state index is 13.6. The van der Waals surface area contributed by atoms with E-state index in [0.29, 0.717) is 31.1 Å². The van der Waals surface area contributed by atoms with Gasteiger partial charge in [-0.25, -0.2) is 9.59 Å². The van der Waals surface area contributed by atoms with Crippen LogP contribution in [0.1, 0.15) is 85.5 Å². The molecule has 1 saturated heterocycles. The summed E-state index contributed by atoms with van der Waals surface area (Å²) < 4.78 is 17.0. The number of urea groups is 1. The highest BCUT2D eigenvalue weighted by molar-refractivity contribution is 5.97. The van der Waals surface area contributed by atoms with E-state index >= 15 is 0 Å². The number of imide groups is 1. The third-order valence-corrected chi connectivity index (χ3v) is 8.79. The van der Waals surface area contributed by atoms with Gasteiger partial charge in [-0.3, -0.25) is 19.4 Å². The number of hydrogen-bond donors (Lipinski definition) is 4. The molecule has 5 amide bonds. The molecule has 2 rings (SSSR count). The Morgan fingerprint density at radius 3 is 2.20 bits per heavy atom. The summed E-state index contributed by atoms with van der Waals surface area (Å²) in [6.07, 6.45) is -1.63. The molecular weight excluding hydrogens is 642 g/mol. The van der Waals surface area contributed by atoms with Gasteiger partial charge in [0.1, 0.15) is 18.0 Å². The van der Waals surface area contributed by atoms with Crippen LogP contribution in [0.15, 0.2) is 24.3 Å². The topological polar surface area (TPSA) is 173 Å². The quantitative estimate of drug-likeness (QED) is 0.174. The van der Waals surface area contributed by atoms with Crippen LogP contribution >= 0.6 is 0 Å². The number of carbonyl (C=O) groups is 4. The first kappa shape index (κ1) is 42.7. The Morgan fingerprint density at radius 1 is 1.00 bits per heavy atom. The van der Waals surface area contributed by atoms with Gasteiger partial charge in [-0.15, -0.1) is 0 Å². The molecule has 1 aromatic carbocycles. The van der Waals surface area contributed by atoms with E-state index in [1.807, 2.05) is 47.6 Å². The zero-order valence-electron chi connectivity index (χ0n) is 31.7. The number of aliphatic hydroxyl groups is 1. The number of hydrogen-bond acceptors (Lipinski definition) is 9. The molecule has 4 atom stereocenters. The van der Waals surface area contributed by atoms with Gasteiger partial charge in [0, 0.05) is 38.6 Å². The third-order valence-electron chi connectivity index (χ3n) is 8.79. The van der Waals surface area contributed by atoms with Gasteiger partial charge in [0.2, 0.25) is 5.91 Å². The number of alkyl carbamates (subject to hydrolysis) is 1. The van der Waals surface area contributed by atoms with Crippen molar-refractivity contribution in [3.63, 3.8) is 0 Å². The number of rotatable bonds is 18. The predicted octanol–water partition coefficient (Wildman–Crippen LogP) is 4.27. The van der Waals surface area contributed by atoms with Gasteiger partial charge in [0.25, 0.3) is 5.91 Å². The molecule has 0 spiro atoms. The summed E-state index contributed by atoms with van der Waals surface area (Å²) in [5.74, 6) is -1.37. The molecule has 4 unspecified atom stereocenters. The van der Waals surface area contributed by atoms with E-state index in [1.54, 1.807) is 39.0 Å². The summed E-state index contributed by atoms with van der Waals surface area (Å²) in [5, 5.41) is 17.5. The summed E-state index contributed by atoms with van der Waals surface area (Å²) in [5.41, 5.74) is 5.22. The first-order chi connectivity index (χ1) is 23.4. The highest BCUT2D eigenvalue weighted by Gasteiger charge is 2.36. The zero-order valence-corrected chi connectivity index (χ0v) is 31.7. The van der Waals surface area contributed by atoms with Crippen LogP contribution in [0, 0.1) is 29.6 Å². The molecule has 13 nitrogen and oxygen atoms in total. The number of benzene rings is 1. The van der Waals surface area contributed by atoms with Crippen LogP contribution in [0.2, 0.25) is 0 Å². The van der Waals surface area contributed by atoms with Crippen LogP contribution in [0.5, 0.6) is 5.75 Å². The second-order valence-electron chi connectivity index (χ2n) is 15.3. The summed E-state index contributed by atoms with van der Waals surface area (Å²) in [6, 6.07) is 5.44. The minimum atomic E-state index is -1.18. The highest BCUT2D eigenvalue weighted by Crippen LogP contribution is 2.27. The molecule has 0 saturated carbocycles. The second-order valence-corrected chi connectivity index (χ2v) is 15.3. The lowest BCUT2D eigenvalue weighted by Crippen LogP contribution is -2.51. The van der Waals surface area contributed by atoms with Gasteiger partial charge in [-0.05, 0) is 69.4 Å². The lowest BCUT2D eigenvalue weighted by atomic mass is 9.82. The average molecular weight is 706 g/mol. The molecule has 0 aliphatic carbocycles. The number of nitrogens with one attached hydrogen (secondary N) is 2. The molecule has 1 heterocycles. The Kier molecular flexibility index (Phi) is 17.5. The fourth-order valence-electron chi connectivity index (χ4n) is 5.83. The van der Waals surface area contributed by atoms with Crippen LogP contribution in [-0.2, 0) is 14.3 Å². The van der Waals surface area contributed by atoms with Gasteiger partial charge in [-0.1, -0.05) is 53.7 Å². The number of nitrogens with zero attached hydrogens (tertiary/aromatic N) is 2. The summed E-state index contributed by atoms with van der Waals surface area (Å²) in [4.78, 5) is 55.6. The van der Waals surface area contributed by atoms with E-state index in [1.165, 1.54) is 0 Å². The molecule has 1 aliphatic rings. The first-order valence-corrected chi connectivity index (χ1v) is 18.0. The summed E-state index contributed by atoms with van der Waals surface area (Å²) in [6.45, 7) is 21.4. The number of ether oxygens (including phenoxy) is 3. The van der Waals surface area contributed by atoms with Crippen molar-refractivity contribution in [2.24, 2.45) is 35.3 Å². The second kappa shape index (κ2) is 20.4. The summed E-state index contributed by atoms with van der Waals surface area (Å²) in [7, 11) is 0. The number of para-hydroxylation sites is 1. The monoisotopic (exact) mass is 705 g/mol. The predicted molar refractivity (Wildman–Crippen MR) is 193 cm³/mol. The minimum Gasteiger partial charge on any atom is -0.491 e. The Hall–Kier alpha value is -3.42. The SMILES string of the molecule is CC(C)CN(C(N)=O)C(=O)C(CC(O)C(CC(CNC(=O)c1ccccc1OCCN1CCOCC1)C(C)C)NC(=O)OC(C)(C)C)C(C)C. The molecule has 5 N–H and O–H groups in total. The van der Waals surface area contributed by atoms with E-state index in [-0.39, 0.29) is 55.5 Å². The van der Waals surface area contributed by atoms with Crippen LogP contribution in [-0.4, -0.2) is 109 Å². The Bertz CT molecular complexity index is 1230. The molecule has 0 aromatic heterocycles. The van der Waals surface area contributed by atoms with E-state index in [9.17, 15) is 24.3 Å². The van der Waals surface area contributed by atoms with Crippen molar-refractivity contribution in [3.8, 4) is 5.75 Å². The maximum atomic E-state index is 13.6. The molecule has 0 bridgehead atoms. The van der Waals surface area contributed by atoms with Crippen molar-refractivity contribution in [2.45, 2.75) is 92.9 Å². The molecule has 50 heavy (non-hydrogen) atoms. The zero-order chi connectivity index (χ0) is 37.6. The van der Waals surface area contributed by atoms with E-state index in [0.717, 1.165) is 24.5 Å². The van der Waals surface area contributed by atoms with Crippen LogP contribution < -0.4 is 21.1 Å². The molecule has 1 aromatic rings. The van der Waals surface area contributed by atoms with Crippen LogP contribution in [0.3, 0.4) is 0 Å². The van der Waals surface area contributed by atoms with Crippen molar-refractivity contribution in [2.75, 3.05) is 52.5 Å². The number of amides is 5. The van der Waals surface area contributed by atoms with Crippen molar-refractivity contribution >= 4 is 23.9 Å². The van der Waals surface area contributed by atoms with Crippen molar-refractivity contribution < 1.29 is 38.5 Å². The highest BCUT2D eigenvalue weighted by atomic mass is 16.6. The van der Waals surface area contributed by atoms with Crippen molar-refractivity contribution in [1.82, 2.24) is 20.4 Å². The molecule has 284 valence electrons. The number of carbonyl (C=O) groups excluding carboxylic acids is 4. The largest absolute Gasteiger partial charge is 0.491 e. The fourth-order valence-corrected chi connectivity index (χ4v) is 5.83. The lowest BCUT2D eigenvalue weighted by Gasteiger charge is -2.34. The Balaban J connectivity index is 2.22. The third kappa shape index (κ3) is 14.8. The smallest absolute Gasteiger partial charge is 0.407 e. The Labute approximate surface area is 298 Å². The van der Waals surface area contributed by atoms with Crippen LogP contribution in [0.4, 0.5) is 9.59 Å². The van der Waals surface area contributed by atoms with E-state index in [4.69, 9.17) is 19.9 Å². The van der Waals surface area contributed by atoms with E-state index in [2.05, 4.69) is 15.5 Å². The fraction of sp³-hybridized carbons (Fsp3) is 0.730. The maximum Gasteiger partial charge on any atom is 0.407 e. The van der Waals surface area contributed by atoms with Gasteiger partial charge in [-0.2, -0.15) is 0 Å². The first-order valence-electron chi connectivity index (χ1n) is 18.0. The molecule has 1 aliphatic heterocycles. The molecule has 0 radical (unpaired) electrons. The number of nitrogens with two attached hydrogens (primary N) is 1. The van der Waals surface area contributed by atoms with Crippen molar-refractivity contribution in [1.29, 1.82) is 0 Å². The number of aliphatic hydroxyl groups excluding tert-OH is 1. The molecule has 1 fully saturated rings. The summed E-state index contributed by atoms with van der Waals surface area (Å²) >= 11 is 0. The van der Waals surface area contributed by atoms with E-state index < -0.39 is 41.7 Å². The number of morpholine rings is 1.